The first-order chi connectivity index (χ1) is 11.1. The highest BCUT2D eigenvalue weighted by Gasteiger charge is 2.28. The van der Waals surface area contributed by atoms with E-state index in [4.69, 9.17) is 11.5 Å². The van der Waals surface area contributed by atoms with Gasteiger partial charge in [-0.15, -0.1) is 0 Å². The number of nitrogen functional groups attached to an aromatic ring is 1. The van der Waals surface area contributed by atoms with Gasteiger partial charge in [0.2, 0.25) is 0 Å². The van der Waals surface area contributed by atoms with Gasteiger partial charge in [-0.3, -0.25) is 0 Å². The Labute approximate surface area is 136 Å². The number of carboxylic acid groups (broad SMARTS) is 1. The van der Waals surface area contributed by atoms with Crippen LogP contribution in [0.5, 0.6) is 0 Å². The Hall–Kier alpha value is -2.21. The molecule has 1 aliphatic heterocycles. The minimum absolute atomic E-state index is 0.118. The Morgan fingerprint density at radius 2 is 1.87 bits per heavy atom. The minimum atomic E-state index is -1.02. The van der Waals surface area contributed by atoms with E-state index in [-0.39, 0.29) is 11.3 Å². The van der Waals surface area contributed by atoms with Gasteiger partial charge in [-0.25, -0.2) is 4.79 Å². The zero-order valence-electron chi connectivity index (χ0n) is 13.2. The summed E-state index contributed by atoms with van der Waals surface area (Å²) in [7, 11) is 0. The maximum absolute atomic E-state index is 11.3. The van der Waals surface area contributed by atoms with E-state index in [1.54, 1.807) is 12.1 Å². The first-order valence-electron chi connectivity index (χ1n) is 8.15. The zero-order valence-corrected chi connectivity index (χ0v) is 13.2. The molecule has 0 amide bonds. The second-order valence-electron chi connectivity index (χ2n) is 6.33. The fraction of sp³-hybridized carbons (Fsp3) is 0.471. The lowest BCUT2D eigenvalue weighted by molar-refractivity contribution is 0.0698. The lowest BCUT2D eigenvalue weighted by atomic mass is 10.00. The van der Waals surface area contributed by atoms with E-state index in [2.05, 4.69) is 10.2 Å². The SMILES string of the molecule is N/C=C\c1c(N2CCC(NC3CC3)CC2)ccc(C(=O)O)c1N. The highest BCUT2D eigenvalue weighted by molar-refractivity contribution is 5.98. The first kappa shape index (κ1) is 15.7. The molecule has 0 unspecified atom stereocenters. The van der Waals surface area contributed by atoms with Crippen molar-refractivity contribution >= 4 is 23.4 Å². The average molecular weight is 316 g/mol. The third-order valence-corrected chi connectivity index (χ3v) is 4.64. The van der Waals surface area contributed by atoms with Crippen molar-refractivity contribution in [2.45, 2.75) is 37.8 Å². The molecule has 3 rings (SSSR count). The van der Waals surface area contributed by atoms with Gasteiger partial charge in [0.1, 0.15) is 0 Å². The van der Waals surface area contributed by atoms with Crippen molar-refractivity contribution in [2.24, 2.45) is 5.73 Å². The predicted octanol–water partition coefficient (Wildman–Crippen LogP) is 1.62. The second kappa shape index (κ2) is 6.50. The number of aromatic carboxylic acids is 1. The van der Waals surface area contributed by atoms with E-state index in [0.29, 0.717) is 11.6 Å². The third kappa shape index (κ3) is 3.42. The number of hydrogen-bond donors (Lipinski definition) is 4. The molecule has 1 aromatic rings. The Balaban J connectivity index is 1.79. The van der Waals surface area contributed by atoms with Gasteiger partial charge in [-0.1, -0.05) is 0 Å². The zero-order chi connectivity index (χ0) is 16.4. The maximum Gasteiger partial charge on any atom is 0.337 e. The van der Waals surface area contributed by atoms with Crippen molar-refractivity contribution in [3.63, 3.8) is 0 Å². The summed E-state index contributed by atoms with van der Waals surface area (Å²) in [5.41, 5.74) is 13.6. The van der Waals surface area contributed by atoms with Crippen LogP contribution in [0.3, 0.4) is 0 Å². The van der Waals surface area contributed by atoms with E-state index < -0.39 is 5.97 Å². The number of rotatable bonds is 5. The number of carbonyl (C=O) groups is 1. The van der Waals surface area contributed by atoms with Crippen molar-refractivity contribution in [1.29, 1.82) is 0 Å². The molecule has 6 nitrogen and oxygen atoms in total. The van der Waals surface area contributed by atoms with Crippen molar-refractivity contribution < 1.29 is 9.90 Å². The molecular weight excluding hydrogens is 292 g/mol. The minimum Gasteiger partial charge on any atom is -0.478 e. The fourth-order valence-electron chi connectivity index (χ4n) is 3.23. The summed E-state index contributed by atoms with van der Waals surface area (Å²) in [6, 6.07) is 4.73. The molecule has 0 radical (unpaired) electrons. The monoisotopic (exact) mass is 316 g/mol. The second-order valence-corrected chi connectivity index (χ2v) is 6.33. The van der Waals surface area contributed by atoms with Crippen molar-refractivity contribution in [3.05, 3.63) is 29.5 Å². The number of nitrogens with two attached hydrogens (primary N) is 2. The van der Waals surface area contributed by atoms with Crippen molar-refractivity contribution in [3.8, 4) is 0 Å². The van der Waals surface area contributed by atoms with Crippen LogP contribution in [0.15, 0.2) is 18.3 Å². The summed E-state index contributed by atoms with van der Waals surface area (Å²) < 4.78 is 0. The fourth-order valence-corrected chi connectivity index (χ4v) is 3.23. The highest BCUT2D eigenvalue weighted by Crippen LogP contribution is 2.32. The Morgan fingerprint density at radius 3 is 2.43 bits per heavy atom. The number of carboxylic acids is 1. The lowest BCUT2D eigenvalue weighted by Crippen LogP contribution is -2.43. The van der Waals surface area contributed by atoms with Gasteiger partial charge in [0, 0.05) is 36.4 Å². The van der Waals surface area contributed by atoms with Gasteiger partial charge in [0.05, 0.1) is 11.3 Å². The number of hydrogen-bond acceptors (Lipinski definition) is 5. The molecule has 6 heteroatoms. The molecule has 1 saturated carbocycles. The Kier molecular flexibility index (Phi) is 4.43. The van der Waals surface area contributed by atoms with E-state index in [1.807, 2.05) is 6.07 Å². The average Bonchev–Trinajstić information content (AvgIpc) is 3.34. The Morgan fingerprint density at radius 1 is 1.22 bits per heavy atom. The van der Waals surface area contributed by atoms with Crippen LogP contribution in [0.25, 0.3) is 6.08 Å². The van der Waals surface area contributed by atoms with Crippen LogP contribution >= 0.6 is 0 Å². The largest absolute Gasteiger partial charge is 0.478 e. The maximum atomic E-state index is 11.3. The van der Waals surface area contributed by atoms with Gasteiger partial charge in [0.15, 0.2) is 0 Å². The van der Waals surface area contributed by atoms with E-state index in [9.17, 15) is 9.90 Å². The molecule has 1 heterocycles. The van der Waals surface area contributed by atoms with Gasteiger partial charge < -0.3 is 26.8 Å². The van der Waals surface area contributed by atoms with Gasteiger partial charge in [-0.2, -0.15) is 0 Å². The van der Waals surface area contributed by atoms with Gasteiger partial charge in [0.25, 0.3) is 0 Å². The van der Waals surface area contributed by atoms with Crippen LogP contribution < -0.4 is 21.7 Å². The highest BCUT2D eigenvalue weighted by atomic mass is 16.4. The smallest absolute Gasteiger partial charge is 0.337 e. The van der Waals surface area contributed by atoms with E-state index >= 15 is 0 Å². The molecule has 2 aliphatic rings. The number of nitrogens with one attached hydrogen (secondary N) is 1. The molecule has 23 heavy (non-hydrogen) atoms. The van der Waals surface area contributed by atoms with Crippen LogP contribution in [0, 0.1) is 0 Å². The van der Waals surface area contributed by atoms with Gasteiger partial charge >= 0.3 is 5.97 Å². The van der Waals surface area contributed by atoms with Crippen LogP contribution in [0.2, 0.25) is 0 Å². The third-order valence-electron chi connectivity index (χ3n) is 4.64. The van der Waals surface area contributed by atoms with Crippen LogP contribution in [0.4, 0.5) is 11.4 Å². The number of benzene rings is 1. The molecule has 2 fully saturated rings. The topological polar surface area (TPSA) is 105 Å². The summed E-state index contributed by atoms with van der Waals surface area (Å²) in [6.07, 6.45) is 7.87. The van der Waals surface area contributed by atoms with Crippen molar-refractivity contribution in [1.82, 2.24) is 5.32 Å². The van der Waals surface area contributed by atoms with Crippen molar-refractivity contribution in [2.75, 3.05) is 23.7 Å². The molecule has 1 aromatic carbocycles. The normalized spacial score (nSPS) is 19.4. The molecular formula is C17H24N4O2. The summed E-state index contributed by atoms with van der Waals surface area (Å²) in [6.45, 7) is 1.86. The van der Waals surface area contributed by atoms with Crippen LogP contribution in [-0.2, 0) is 0 Å². The summed E-state index contributed by atoms with van der Waals surface area (Å²) >= 11 is 0. The summed E-state index contributed by atoms with van der Waals surface area (Å²) in [4.78, 5) is 13.5. The Bertz CT molecular complexity index is 617. The standard InChI is InChI=1S/C17H24N4O2/c18-8-5-13-15(4-3-14(16(13)19)17(22)23)21-9-6-12(7-10-21)20-11-1-2-11/h3-5,8,11-12,20H,1-2,6-7,9-10,18-19H2,(H,22,23)/b8-5-. The number of nitrogens with zero attached hydrogens (tertiary/aromatic N) is 1. The molecule has 1 saturated heterocycles. The van der Waals surface area contributed by atoms with E-state index in [0.717, 1.165) is 37.7 Å². The lowest BCUT2D eigenvalue weighted by Gasteiger charge is -2.35. The molecule has 124 valence electrons. The summed E-state index contributed by atoms with van der Waals surface area (Å²) in [5.74, 6) is -1.02. The molecule has 1 aliphatic carbocycles. The van der Waals surface area contributed by atoms with Crippen LogP contribution in [-0.4, -0.2) is 36.2 Å². The number of anilines is 2. The van der Waals surface area contributed by atoms with Gasteiger partial charge in [-0.05, 0) is 50.1 Å². The molecule has 0 aromatic heterocycles. The molecule has 0 spiro atoms. The quantitative estimate of drug-likeness (QED) is 0.615. The molecule has 0 bridgehead atoms. The first-order valence-corrected chi connectivity index (χ1v) is 8.15. The molecule has 6 N–H and O–H groups in total. The summed E-state index contributed by atoms with van der Waals surface area (Å²) in [5, 5.41) is 12.9. The number of piperidine rings is 1. The van der Waals surface area contributed by atoms with Crippen LogP contribution in [0.1, 0.15) is 41.6 Å². The van der Waals surface area contributed by atoms with E-state index in [1.165, 1.54) is 19.0 Å². The molecule has 0 atom stereocenters. The predicted molar refractivity (Wildman–Crippen MR) is 92.4 cm³/mol.